The van der Waals surface area contributed by atoms with E-state index in [9.17, 15) is 14.7 Å². The van der Waals surface area contributed by atoms with Crippen molar-refractivity contribution in [2.75, 3.05) is 37.7 Å². The molecule has 1 N–H and O–H groups in total. The zero-order valence-corrected chi connectivity index (χ0v) is 19.9. The molecule has 1 atom stereocenters. The summed E-state index contributed by atoms with van der Waals surface area (Å²) >= 11 is 0. The Kier molecular flexibility index (Phi) is 7.80. The molecule has 0 aromatic heterocycles. The van der Waals surface area contributed by atoms with Gasteiger partial charge >= 0.3 is 0 Å². The number of aliphatic hydroxyl groups excluding tert-OH is 1. The van der Waals surface area contributed by atoms with Crippen LogP contribution in [0.1, 0.15) is 53.6 Å². The van der Waals surface area contributed by atoms with E-state index in [0.717, 1.165) is 48.5 Å². The van der Waals surface area contributed by atoms with Gasteiger partial charge in [-0.1, -0.05) is 36.4 Å². The predicted octanol–water partition coefficient (Wildman–Crippen LogP) is 3.97. The Balaban J connectivity index is 1.28. The summed E-state index contributed by atoms with van der Waals surface area (Å²) in [6.45, 7) is 8.48. The molecule has 1 saturated heterocycles. The number of nitrogens with zero attached hydrogens (tertiary/aromatic N) is 2. The van der Waals surface area contributed by atoms with Crippen molar-refractivity contribution in [1.82, 2.24) is 4.90 Å². The Hall–Kier alpha value is -2.96. The second-order valence-corrected chi connectivity index (χ2v) is 9.26. The highest BCUT2D eigenvalue weighted by atomic mass is 16.5. The number of hydrogen-bond acceptors (Lipinski definition) is 5. The third-order valence-corrected chi connectivity index (χ3v) is 6.88. The first-order valence-electron chi connectivity index (χ1n) is 12.1. The molecule has 2 aromatic carbocycles. The number of aliphatic hydroxyl groups is 1. The molecule has 2 heterocycles. The summed E-state index contributed by atoms with van der Waals surface area (Å²) in [5.41, 5.74) is 3.93. The fraction of sp³-hybridized carbons (Fsp3) is 0.429. The lowest BCUT2D eigenvalue weighted by Gasteiger charge is -2.33. The van der Waals surface area contributed by atoms with E-state index >= 15 is 0 Å². The number of anilines is 1. The summed E-state index contributed by atoms with van der Waals surface area (Å²) in [6, 6.07) is 13.7. The van der Waals surface area contributed by atoms with Gasteiger partial charge in [0.25, 0.3) is 0 Å². The SMILES string of the molecule is C=CCN1C(=O)CCc2c(OCC(O)CN3CCC(c4ccc(C(C)=O)cc4)CC3)cccc21. The Bertz CT molecular complexity index is 1030. The van der Waals surface area contributed by atoms with Gasteiger partial charge in [-0.3, -0.25) is 9.59 Å². The summed E-state index contributed by atoms with van der Waals surface area (Å²) in [5.74, 6) is 1.42. The van der Waals surface area contributed by atoms with E-state index in [1.807, 2.05) is 30.3 Å². The van der Waals surface area contributed by atoms with Crippen molar-refractivity contribution in [3.05, 3.63) is 71.8 Å². The van der Waals surface area contributed by atoms with Crippen molar-refractivity contribution in [1.29, 1.82) is 0 Å². The first kappa shape index (κ1) is 24.2. The standard InChI is InChI=1S/C28H34N2O4/c1-3-15-30-26-5-4-6-27(25(26)11-12-28(30)33)34-19-24(32)18-29-16-13-23(14-17-29)22-9-7-21(8-10-22)20(2)31/h3-10,23-24,32H,1,11-19H2,2H3. The molecular weight excluding hydrogens is 428 g/mol. The van der Waals surface area contributed by atoms with Crippen LogP contribution in [0.4, 0.5) is 5.69 Å². The minimum absolute atomic E-state index is 0.0937. The molecule has 1 unspecified atom stereocenters. The number of benzene rings is 2. The maximum absolute atomic E-state index is 12.3. The van der Waals surface area contributed by atoms with Crippen molar-refractivity contribution in [3.8, 4) is 5.75 Å². The van der Waals surface area contributed by atoms with Crippen LogP contribution in [0.25, 0.3) is 0 Å². The Morgan fingerprint density at radius 2 is 1.91 bits per heavy atom. The lowest BCUT2D eigenvalue weighted by molar-refractivity contribution is -0.118. The van der Waals surface area contributed by atoms with Crippen LogP contribution in [-0.4, -0.2) is 60.6 Å². The van der Waals surface area contributed by atoms with Gasteiger partial charge in [0.15, 0.2) is 5.78 Å². The largest absolute Gasteiger partial charge is 0.490 e. The molecule has 1 amide bonds. The molecule has 0 radical (unpaired) electrons. The number of ether oxygens (including phenoxy) is 1. The second-order valence-electron chi connectivity index (χ2n) is 9.26. The Morgan fingerprint density at radius 3 is 2.59 bits per heavy atom. The second kappa shape index (κ2) is 11.0. The minimum atomic E-state index is -0.586. The molecule has 6 heteroatoms. The quantitative estimate of drug-likeness (QED) is 0.451. The van der Waals surface area contributed by atoms with Gasteiger partial charge in [-0.25, -0.2) is 0 Å². The van der Waals surface area contributed by atoms with Crippen LogP contribution in [0.15, 0.2) is 55.1 Å². The number of likely N-dealkylation sites (tertiary alicyclic amines) is 1. The van der Waals surface area contributed by atoms with Crippen LogP contribution in [0.5, 0.6) is 5.75 Å². The number of fused-ring (bicyclic) bond motifs is 1. The van der Waals surface area contributed by atoms with Crippen LogP contribution < -0.4 is 9.64 Å². The van der Waals surface area contributed by atoms with Crippen molar-refractivity contribution >= 4 is 17.4 Å². The van der Waals surface area contributed by atoms with E-state index in [1.54, 1.807) is 17.9 Å². The van der Waals surface area contributed by atoms with Crippen molar-refractivity contribution in [3.63, 3.8) is 0 Å². The highest BCUT2D eigenvalue weighted by molar-refractivity contribution is 5.97. The molecule has 0 spiro atoms. The summed E-state index contributed by atoms with van der Waals surface area (Å²) in [7, 11) is 0. The van der Waals surface area contributed by atoms with E-state index in [-0.39, 0.29) is 18.3 Å². The normalized spacial score (nSPS) is 17.8. The maximum atomic E-state index is 12.3. The van der Waals surface area contributed by atoms with Gasteiger partial charge in [-0.15, -0.1) is 6.58 Å². The van der Waals surface area contributed by atoms with Crippen molar-refractivity contribution < 1.29 is 19.4 Å². The maximum Gasteiger partial charge on any atom is 0.227 e. The highest BCUT2D eigenvalue weighted by Gasteiger charge is 2.26. The number of Topliss-reactive ketones (excluding diaryl/α,β-unsaturated/α-hetero) is 1. The molecule has 2 aliphatic rings. The molecule has 34 heavy (non-hydrogen) atoms. The number of hydrogen-bond donors (Lipinski definition) is 1. The molecular formula is C28H34N2O4. The lowest BCUT2D eigenvalue weighted by Crippen LogP contribution is -2.40. The van der Waals surface area contributed by atoms with Crippen LogP contribution in [0, 0.1) is 0 Å². The van der Waals surface area contributed by atoms with Gasteiger partial charge < -0.3 is 19.6 Å². The first-order valence-corrected chi connectivity index (χ1v) is 12.1. The van der Waals surface area contributed by atoms with Gasteiger partial charge in [0, 0.05) is 30.6 Å². The zero-order valence-electron chi connectivity index (χ0n) is 19.9. The van der Waals surface area contributed by atoms with Crippen LogP contribution in [0.2, 0.25) is 0 Å². The minimum Gasteiger partial charge on any atom is -0.490 e. The molecule has 2 aromatic rings. The third kappa shape index (κ3) is 5.57. The molecule has 2 aliphatic heterocycles. The van der Waals surface area contributed by atoms with Crippen molar-refractivity contribution in [2.45, 2.75) is 44.6 Å². The molecule has 1 fully saturated rings. The average Bonchev–Trinajstić information content (AvgIpc) is 2.85. The molecule has 6 nitrogen and oxygen atoms in total. The average molecular weight is 463 g/mol. The Morgan fingerprint density at radius 1 is 1.18 bits per heavy atom. The monoisotopic (exact) mass is 462 g/mol. The van der Waals surface area contributed by atoms with E-state index in [0.29, 0.717) is 31.8 Å². The van der Waals surface area contributed by atoms with Gasteiger partial charge in [0.2, 0.25) is 5.91 Å². The molecule has 4 rings (SSSR count). The fourth-order valence-electron chi connectivity index (χ4n) is 5.00. The topological polar surface area (TPSA) is 70.1 Å². The molecule has 0 saturated carbocycles. The van der Waals surface area contributed by atoms with Crippen molar-refractivity contribution in [2.24, 2.45) is 0 Å². The summed E-state index contributed by atoms with van der Waals surface area (Å²) in [5, 5.41) is 10.6. The lowest BCUT2D eigenvalue weighted by atomic mass is 9.88. The number of carbonyl (C=O) groups excluding carboxylic acids is 2. The van der Waals surface area contributed by atoms with Gasteiger partial charge in [0.1, 0.15) is 18.5 Å². The van der Waals surface area contributed by atoms with Crippen LogP contribution in [-0.2, 0) is 11.2 Å². The van der Waals surface area contributed by atoms with Gasteiger partial charge in [-0.2, -0.15) is 0 Å². The number of β-amino-alcohol motifs (C(OH)–C–C–N with tert-alkyl or cyclic N) is 1. The third-order valence-electron chi connectivity index (χ3n) is 6.88. The molecule has 180 valence electrons. The zero-order chi connectivity index (χ0) is 24.1. The summed E-state index contributed by atoms with van der Waals surface area (Å²) in [6.07, 6.45) is 4.31. The highest BCUT2D eigenvalue weighted by Crippen LogP contribution is 2.35. The number of carbonyl (C=O) groups is 2. The number of rotatable bonds is 9. The predicted molar refractivity (Wildman–Crippen MR) is 134 cm³/mol. The molecule has 0 aliphatic carbocycles. The van der Waals surface area contributed by atoms with E-state index in [2.05, 4.69) is 23.6 Å². The number of amides is 1. The number of piperidine rings is 1. The number of ketones is 1. The van der Waals surface area contributed by atoms with E-state index in [1.165, 1.54) is 5.56 Å². The fourth-order valence-corrected chi connectivity index (χ4v) is 5.00. The molecule has 0 bridgehead atoms. The first-order chi connectivity index (χ1) is 16.5. The van der Waals surface area contributed by atoms with E-state index in [4.69, 9.17) is 4.74 Å². The summed E-state index contributed by atoms with van der Waals surface area (Å²) in [4.78, 5) is 27.8. The van der Waals surface area contributed by atoms with Gasteiger partial charge in [0.05, 0.1) is 5.69 Å². The van der Waals surface area contributed by atoms with Crippen LogP contribution >= 0.6 is 0 Å². The summed E-state index contributed by atoms with van der Waals surface area (Å²) < 4.78 is 6.02. The van der Waals surface area contributed by atoms with E-state index < -0.39 is 6.10 Å². The Labute approximate surface area is 201 Å². The van der Waals surface area contributed by atoms with Gasteiger partial charge in [-0.05, 0) is 62.9 Å². The smallest absolute Gasteiger partial charge is 0.227 e. The van der Waals surface area contributed by atoms with Crippen LogP contribution in [0.3, 0.4) is 0 Å².